The topological polar surface area (TPSA) is 311 Å². The first-order valence-electron chi connectivity index (χ1n) is 41.0. The molecule has 11 aromatic rings. The number of aliphatic hydroxyl groups excluding tert-OH is 1. The molecule has 13 rings (SSSR count). The highest BCUT2D eigenvalue weighted by Gasteiger charge is 2.32. The molecule has 2 saturated heterocycles. The molecule has 0 bridgehead atoms. The van der Waals surface area contributed by atoms with Crippen molar-refractivity contribution in [2.75, 3.05) is 68.7 Å². The van der Waals surface area contributed by atoms with Gasteiger partial charge in [0.25, 0.3) is 27.2 Å². The monoisotopic (exact) mass is 2160 g/mol. The maximum Gasteiger partial charge on any atom is 0.410 e. The molecule has 0 aliphatic carbocycles. The maximum absolute atomic E-state index is 12.7. The van der Waals surface area contributed by atoms with Crippen molar-refractivity contribution in [1.82, 2.24) is 25.4 Å². The van der Waals surface area contributed by atoms with E-state index in [9.17, 15) is 59.9 Å². The van der Waals surface area contributed by atoms with E-state index in [1.165, 1.54) is 84.7 Å². The zero-order valence-corrected chi connectivity index (χ0v) is 84.7. The number of ether oxygens (including phenoxy) is 6. The fourth-order valence-corrected chi connectivity index (χ4v) is 12.6. The van der Waals surface area contributed by atoms with Crippen molar-refractivity contribution < 1.29 is 116 Å². The van der Waals surface area contributed by atoms with Gasteiger partial charge in [0.2, 0.25) is 9.23 Å². The van der Waals surface area contributed by atoms with Crippen molar-refractivity contribution in [1.29, 1.82) is 0 Å². The molecule has 2 unspecified atom stereocenters. The second-order valence-corrected chi connectivity index (χ2v) is 36.4. The van der Waals surface area contributed by atoms with E-state index in [1.807, 2.05) is 149 Å². The van der Waals surface area contributed by atoms with Crippen molar-refractivity contribution in [3.05, 3.63) is 339 Å². The minimum absolute atomic E-state index is 0. The first-order chi connectivity index (χ1) is 63.8. The Balaban J connectivity index is 0.000000786. The van der Waals surface area contributed by atoms with Gasteiger partial charge in [0, 0.05) is 90.5 Å². The van der Waals surface area contributed by atoms with Gasteiger partial charge in [0.15, 0.2) is 0 Å². The Kier molecular flexibility index (Phi) is 59.5. The van der Waals surface area contributed by atoms with Crippen molar-refractivity contribution in [2.45, 2.75) is 124 Å². The molecular formula is C100H117Br2Cl4F4N5O21S2. The van der Waals surface area contributed by atoms with Gasteiger partial charge < -0.3 is 53.3 Å². The first-order valence-corrected chi connectivity index (χ1v) is 47.2. The average molecular weight is 2170 g/mol. The number of carboxylic acid groups (broad SMARTS) is 1. The van der Waals surface area contributed by atoms with E-state index in [-0.39, 0.29) is 72.2 Å². The smallest absolute Gasteiger partial charge is 0.410 e. The van der Waals surface area contributed by atoms with Gasteiger partial charge in [-0.3, -0.25) is 28.2 Å². The molecule has 750 valence electrons. The molecule has 2 atom stereocenters. The number of carbonyl (C=O) groups is 6. The molecule has 11 aromatic carbocycles. The first kappa shape index (κ1) is 125. The Morgan fingerprint density at radius 2 is 0.812 bits per heavy atom. The van der Waals surface area contributed by atoms with Gasteiger partial charge in [0.05, 0.1) is 59.5 Å². The third kappa shape index (κ3) is 50.5. The Bertz CT molecular complexity index is 5330. The lowest BCUT2D eigenvalue weighted by molar-refractivity contribution is -0.0757. The van der Waals surface area contributed by atoms with E-state index in [1.54, 1.807) is 151 Å². The summed E-state index contributed by atoms with van der Waals surface area (Å²) in [6.07, 6.45) is 1.17. The molecule has 0 aromatic heterocycles. The largest absolute Gasteiger partial charge is 0.478 e. The molecule has 0 radical (unpaired) electrons. The highest BCUT2D eigenvalue weighted by molar-refractivity contribution is 9.10. The second kappa shape index (κ2) is 65.7. The van der Waals surface area contributed by atoms with Gasteiger partial charge in [-0.1, -0.05) is 105 Å². The summed E-state index contributed by atoms with van der Waals surface area (Å²) in [4.78, 5) is 85.9. The molecule has 38 heteroatoms. The van der Waals surface area contributed by atoms with Crippen LogP contribution in [0.4, 0.5) is 27.2 Å². The van der Waals surface area contributed by atoms with E-state index < -0.39 is 83.3 Å². The van der Waals surface area contributed by atoms with Crippen molar-refractivity contribution >= 4 is 132 Å². The zero-order chi connectivity index (χ0) is 100. The lowest BCUT2D eigenvalue weighted by atomic mass is 10.1. The number of nitrogens with zero attached hydrogens (tertiary/aromatic N) is 4. The van der Waals surface area contributed by atoms with Crippen LogP contribution in [-0.4, -0.2) is 170 Å². The van der Waals surface area contributed by atoms with Crippen LogP contribution in [0.2, 0.25) is 0 Å². The number of hydrogen-bond donors (Lipinski definition) is 3. The SMILES string of the molecule is C.C.CC(C)(C)OC(=O)N1CCCC(O)C1.CNOC.CON(C)C(=O)c1ccc(Oc2ccccc2)cc1.CON(C)C(=O)c1ccc(Oc2ccccc2)cc1.Cc1c(F)ccc(Br)c1F.Cc1ccc(S(=O)(=O)OC2CCCN(C(=O)OC(C)(C)C)C2)cc1.Cl.Fc1ccc(Br)c(F)c1.O=C(Cl)c1ccc(Oc2ccccc2)cc1.O=C(O)c1ccc(Oc2ccccc2)cc1.O=S(Cl)Cl. The van der Waals surface area contributed by atoms with Crippen molar-refractivity contribution in [3.63, 3.8) is 0 Å². The molecule has 138 heavy (non-hydrogen) atoms. The predicted octanol–water partition coefficient (Wildman–Crippen LogP) is 26.0. The molecule has 26 nitrogen and oxygen atoms in total. The highest BCUT2D eigenvalue weighted by atomic mass is 79.9. The number of halogens is 10. The summed E-state index contributed by atoms with van der Waals surface area (Å²) >= 11 is 11.2. The molecule has 2 aliphatic heterocycles. The molecule has 2 aliphatic rings. The van der Waals surface area contributed by atoms with Gasteiger partial charge in [-0.25, -0.2) is 51.8 Å². The van der Waals surface area contributed by atoms with Gasteiger partial charge in [-0.2, -0.15) is 8.42 Å². The average Bonchev–Trinajstić information content (AvgIpc) is 0.810. The number of amides is 4. The van der Waals surface area contributed by atoms with Gasteiger partial charge in [-0.05, 0) is 307 Å². The van der Waals surface area contributed by atoms with Crippen LogP contribution in [0.3, 0.4) is 0 Å². The molecule has 3 N–H and O–H groups in total. The number of likely N-dealkylation sites (tertiary alicyclic amines) is 2. The van der Waals surface area contributed by atoms with E-state index in [0.717, 1.165) is 47.5 Å². The number of piperidine rings is 2. The number of rotatable bonds is 18. The highest BCUT2D eigenvalue weighted by Crippen LogP contribution is 2.29. The second-order valence-electron chi connectivity index (χ2n) is 30.2. The van der Waals surface area contributed by atoms with Gasteiger partial charge in [-0.15, -0.1) is 12.4 Å². The number of hydroxylamine groups is 5. The predicted molar refractivity (Wildman–Crippen MR) is 540 cm³/mol. The summed E-state index contributed by atoms with van der Waals surface area (Å²) in [5.41, 5.74) is 4.22. The molecule has 0 saturated carbocycles. The number of aryl methyl sites for hydroxylation is 1. The van der Waals surface area contributed by atoms with Crippen LogP contribution in [0.25, 0.3) is 0 Å². The lowest BCUT2D eigenvalue weighted by Crippen LogP contribution is -2.45. The molecule has 0 spiro atoms. The third-order valence-corrected chi connectivity index (χ3v) is 20.3. The molecule has 4 amide bonds. The Hall–Kier alpha value is -11.1. The normalized spacial score (nSPS) is 12.6. The molecule has 2 fully saturated rings. The van der Waals surface area contributed by atoms with Crippen LogP contribution in [-0.2, 0) is 47.5 Å². The Labute approximate surface area is 844 Å². The van der Waals surface area contributed by atoms with Gasteiger partial charge >= 0.3 is 18.2 Å². The molecular weight excluding hydrogens is 2050 g/mol. The Morgan fingerprint density at radius 1 is 0.486 bits per heavy atom. The number of carbonyl (C=O) groups excluding carboxylic acids is 5. The number of carboxylic acids is 1. The summed E-state index contributed by atoms with van der Waals surface area (Å²) in [5.74, 6) is 2.15. The fraction of sp³-hybridized carbons (Fsp3) is 0.280. The number of aromatic carboxylic acids is 1. The van der Waals surface area contributed by atoms with Crippen LogP contribution in [0, 0.1) is 37.1 Å². The lowest BCUT2D eigenvalue weighted by Gasteiger charge is -2.33. The van der Waals surface area contributed by atoms with E-state index in [4.69, 9.17) is 63.2 Å². The number of β-amino-alcohol motifs (C(OH)–C–C–N with tert-alkyl or cyclic N) is 1. The summed E-state index contributed by atoms with van der Waals surface area (Å²) < 4.78 is 122. The molecule has 2 heterocycles. The van der Waals surface area contributed by atoms with Crippen LogP contribution in [0.1, 0.15) is 135 Å². The quantitative estimate of drug-likeness (QED) is 0.0236. The van der Waals surface area contributed by atoms with E-state index >= 15 is 0 Å². The van der Waals surface area contributed by atoms with E-state index in [2.05, 4.69) is 63.5 Å². The summed E-state index contributed by atoms with van der Waals surface area (Å²) in [6, 6.07) is 77.0. The van der Waals surface area contributed by atoms with Crippen LogP contribution >= 0.6 is 77.2 Å². The third-order valence-electron chi connectivity index (χ3n) is 17.4. The van der Waals surface area contributed by atoms with Crippen LogP contribution < -0.4 is 24.4 Å². The van der Waals surface area contributed by atoms with E-state index in [0.29, 0.717) is 76.6 Å². The number of aliphatic hydroxyl groups is 1. The minimum Gasteiger partial charge on any atom is -0.478 e. The van der Waals surface area contributed by atoms with Crippen LogP contribution in [0.15, 0.2) is 287 Å². The summed E-state index contributed by atoms with van der Waals surface area (Å²) in [6.45, 7) is 16.0. The number of hydrogen-bond acceptors (Lipinski definition) is 21. The Morgan fingerprint density at radius 3 is 1.12 bits per heavy atom. The number of benzene rings is 11. The number of para-hydroxylation sites is 4. The van der Waals surface area contributed by atoms with Crippen LogP contribution in [0.5, 0.6) is 46.0 Å². The zero-order valence-electron chi connectivity index (χ0n) is 76.9. The minimum atomic E-state index is -3.84. The fourth-order valence-electron chi connectivity index (χ4n) is 10.7. The van der Waals surface area contributed by atoms with Crippen molar-refractivity contribution in [3.8, 4) is 46.0 Å². The summed E-state index contributed by atoms with van der Waals surface area (Å²) in [7, 11) is 12.8. The number of nitrogens with one attached hydrogen (secondary N) is 1. The standard InChI is InChI=1S/C17H25NO5S.2C15H15NO3.C13H9ClO2.C13H10O3.C10H19NO3.C7H5BrF2.C6H3BrF2.C2H7NO.2CH4.Cl2OS.ClH/c1-13-7-9-15(10-8-13)24(20,21)23-14-6-5-11-18(12-14)16(19)22-17(2,3)4;2*1-16(18-2)15(17)12-8-10-14(11-9-12)19-13-6-4-3-5-7-13;2*14-13(15)10-6-8-12(9-7-10)16-11-4-2-1-3-5-11;1-10(2,3)14-9(13)11-6-4-5-8(12)7-11;1-4-6(9)3-2-5(8)7(4)10;7-5-2-1-4(8)3-6(5)9;1-3-4-2;;;1-4(2)3;/h7-10,14H,5-6,11-12H2,1-4H3;2*3-11H,1-2H3;1-9H;1-9H,(H,14,15);8,12H,4-7H2,1-3H3;2-3H,1H3;1-3H;3H,1-2H3;2*1H4;;1H. The maximum atomic E-state index is 12.7. The summed E-state index contributed by atoms with van der Waals surface area (Å²) in [5, 5.41) is 20.0. The van der Waals surface area contributed by atoms with Gasteiger partial charge in [0.1, 0.15) is 80.5 Å². The van der Waals surface area contributed by atoms with Crippen molar-refractivity contribution in [2.24, 2.45) is 0 Å².